The SMILES string of the molecule is CSNC(=O)c1nc(Cl)ccc1NC(C)c1cc(C)cc2c(=O)n(C)c(N3CC4C(C3)C4c3cnc(C)c(F)c3)nc12. The Bertz CT molecular complexity index is 1790. The van der Waals surface area contributed by atoms with Crippen LogP contribution in [0.3, 0.4) is 0 Å². The van der Waals surface area contributed by atoms with E-state index in [1.807, 2.05) is 26.0 Å². The number of piperidine rings is 1. The Balaban J connectivity index is 1.32. The molecular formula is C30H31ClFN7O2S. The monoisotopic (exact) mass is 607 g/mol. The van der Waals surface area contributed by atoms with E-state index < -0.39 is 0 Å². The number of carbonyl (C=O) groups excluding carboxylic acids is 1. The lowest BCUT2D eigenvalue weighted by molar-refractivity contribution is 0.0980. The number of nitrogens with one attached hydrogen (secondary N) is 2. The molecule has 6 rings (SSSR count). The third kappa shape index (κ3) is 4.98. The fraction of sp³-hybridized carbons (Fsp3) is 0.367. The number of carbonyl (C=O) groups is 1. The van der Waals surface area contributed by atoms with Gasteiger partial charge in [0.2, 0.25) is 5.95 Å². The number of fused-ring (bicyclic) bond motifs is 2. The lowest BCUT2D eigenvalue weighted by Gasteiger charge is -2.25. The molecule has 3 aromatic heterocycles. The highest BCUT2D eigenvalue weighted by atomic mass is 35.5. The number of aryl methyl sites for hydroxylation is 2. The summed E-state index contributed by atoms with van der Waals surface area (Å²) in [5, 5.41) is 4.14. The van der Waals surface area contributed by atoms with Crippen LogP contribution in [0, 0.1) is 31.5 Å². The maximum Gasteiger partial charge on any atom is 0.281 e. The van der Waals surface area contributed by atoms with Crippen molar-refractivity contribution in [1.29, 1.82) is 0 Å². The molecule has 2 N–H and O–H groups in total. The fourth-order valence-electron chi connectivity index (χ4n) is 6.22. The third-order valence-electron chi connectivity index (χ3n) is 8.35. The maximum absolute atomic E-state index is 14.2. The standard InChI is InChI=1S/C30H31ClFN7O2S/c1-14-8-18(15(2)34-23-6-7-24(31)35-27(23)28(40)37-42-5)26-19(9-14)29(41)38(4)30(36-26)39-12-20-21(13-39)25(20)17-10-22(32)16(3)33-11-17/h6-11,15,20-21,25,34H,12-13H2,1-5H3,(H,37,40). The molecule has 0 radical (unpaired) electrons. The summed E-state index contributed by atoms with van der Waals surface area (Å²) in [4.78, 5) is 42.0. The van der Waals surface area contributed by atoms with Gasteiger partial charge in [-0.2, -0.15) is 0 Å². The van der Waals surface area contributed by atoms with Crippen molar-refractivity contribution in [1.82, 2.24) is 24.2 Å². The largest absolute Gasteiger partial charge is 0.377 e. The van der Waals surface area contributed by atoms with Crippen molar-refractivity contribution in [3.63, 3.8) is 0 Å². The molecule has 0 spiro atoms. The Hall–Kier alpha value is -3.70. The number of anilines is 2. The molecule has 3 unspecified atom stereocenters. The van der Waals surface area contributed by atoms with Crippen molar-refractivity contribution >= 4 is 52.0 Å². The molecule has 2 aliphatic rings. The second-order valence-electron chi connectivity index (χ2n) is 11.2. The summed E-state index contributed by atoms with van der Waals surface area (Å²) in [6.45, 7) is 7.04. The van der Waals surface area contributed by atoms with Crippen LogP contribution in [0.1, 0.15) is 51.8 Å². The van der Waals surface area contributed by atoms with E-state index in [1.54, 1.807) is 49.2 Å². The molecule has 1 amide bonds. The van der Waals surface area contributed by atoms with Gasteiger partial charge in [0.05, 0.1) is 28.3 Å². The van der Waals surface area contributed by atoms with E-state index in [1.165, 1.54) is 11.9 Å². The van der Waals surface area contributed by atoms with Crippen molar-refractivity contribution in [3.8, 4) is 0 Å². The van der Waals surface area contributed by atoms with Crippen molar-refractivity contribution in [2.75, 3.05) is 29.6 Å². The summed E-state index contributed by atoms with van der Waals surface area (Å²) in [6, 6.07) is 8.51. The molecule has 4 heterocycles. The van der Waals surface area contributed by atoms with Gasteiger partial charge in [-0.25, -0.2) is 14.4 Å². The topological polar surface area (TPSA) is 105 Å². The summed E-state index contributed by atoms with van der Waals surface area (Å²) >= 11 is 7.27. The number of halogens is 2. The summed E-state index contributed by atoms with van der Waals surface area (Å²) in [6.07, 6.45) is 3.54. The predicted octanol–water partition coefficient (Wildman–Crippen LogP) is 5.16. The quantitative estimate of drug-likeness (QED) is 0.219. The van der Waals surface area contributed by atoms with Crippen LogP contribution in [-0.2, 0) is 7.05 Å². The van der Waals surface area contributed by atoms with Crippen LogP contribution >= 0.6 is 23.5 Å². The Morgan fingerprint density at radius 1 is 1.17 bits per heavy atom. The summed E-state index contributed by atoms with van der Waals surface area (Å²) in [5.41, 5.74) is 4.29. The molecule has 1 saturated carbocycles. The van der Waals surface area contributed by atoms with Crippen molar-refractivity contribution in [2.24, 2.45) is 18.9 Å². The zero-order valence-corrected chi connectivity index (χ0v) is 25.5. The Morgan fingerprint density at radius 2 is 1.90 bits per heavy atom. The number of nitrogens with zero attached hydrogens (tertiary/aromatic N) is 5. The maximum atomic E-state index is 14.2. The molecule has 1 aliphatic carbocycles. The summed E-state index contributed by atoms with van der Waals surface area (Å²) in [7, 11) is 1.75. The van der Waals surface area contributed by atoms with Gasteiger partial charge in [0.1, 0.15) is 11.0 Å². The van der Waals surface area contributed by atoms with Gasteiger partial charge in [0.15, 0.2) is 5.69 Å². The molecule has 9 nitrogen and oxygen atoms in total. The van der Waals surface area contributed by atoms with Crippen LogP contribution in [0.25, 0.3) is 10.9 Å². The molecule has 42 heavy (non-hydrogen) atoms. The minimum atomic E-state index is -0.363. The third-order valence-corrected chi connectivity index (χ3v) is 8.95. The van der Waals surface area contributed by atoms with Crippen LogP contribution in [0.2, 0.25) is 5.15 Å². The van der Waals surface area contributed by atoms with Crippen LogP contribution in [-0.4, -0.2) is 44.8 Å². The second-order valence-corrected chi connectivity index (χ2v) is 12.2. The van der Waals surface area contributed by atoms with Crippen molar-refractivity contribution < 1.29 is 9.18 Å². The number of aromatic nitrogens is 4. The Morgan fingerprint density at radius 3 is 2.60 bits per heavy atom. The average molecular weight is 608 g/mol. The van der Waals surface area contributed by atoms with Gasteiger partial charge in [-0.3, -0.25) is 23.9 Å². The lowest BCUT2D eigenvalue weighted by Crippen LogP contribution is -2.32. The highest BCUT2D eigenvalue weighted by molar-refractivity contribution is 7.97. The number of hydrogen-bond donors (Lipinski definition) is 2. The highest BCUT2D eigenvalue weighted by Crippen LogP contribution is 2.58. The molecule has 4 aromatic rings. The van der Waals surface area contributed by atoms with Gasteiger partial charge < -0.3 is 10.2 Å². The van der Waals surface area contributed by atoms with E-state index in [2.05, 4.69) is 24.9 Å². The van der Waals surface area contributed by atoms with Crippen molar-refractivity contribution in [2.45, 2.75) is 32.7 Å². The van der Waals surface area contributed by atoms with Crippen molar-refractivity contribution in [3.05, 3.63) is 85.9 Å². The van der Waals surface area contributed by atoms with E-state index in [0.29, 0.717) is 40.1 Å². The van der Waals surface area contributed by atoms with E-state index >= 15 is 0 Å². The predicted molar refractivity (Wildman–Crippen MR) is 165 cm³/mol. The number of rotatable bonds is 7. The first kappa shape index (κ1) is 28.4. The smallest absolute Gasteiger partial charge is 0.281 e. The second kappa shape index (κ2) is 10.9. The molecule has 1 saturated heterocycles. The molecule has 1 aromatic carbocycles. The first-order valence-electron chi connectivity index (χ1n) is 13.7. The number of amides is 1. The van der Waals surface area contributed by atoms with Gasteiger partial charge in [0, 0.05) is 38.2 Å². The number of benzene rings is 1. The summed E-state index contributed by atoms with van der Waals surface area (Å²) in [5.74, 6) is 0.972. The first-order valence-corrected chi connectivity index (χ1v) is 15.3. The minimum absolute atomic E-state index is 0.123. The van der Waals surface area contributed by atoms with E-state index in [9.17, 15) is 14.0 Å². The molecule has 218 valence electrons. The molecule has 0 bridgehead atoms. The lowest BCUT2D eigenvalue weighted by atomic mass is 10.0. The van der Waals surface area contributed by atoms with Gasteiger partial charge in [0.25, 0.3) is 11.5 Å². The molecule has 3 atom stereocenters. The highest BCUT2D eigenvalue weighted by Gasteiger charge is 2.57. The van der Waals surface area contributed by atoms with Gasteiger partial charge in [-0.05, 0) is 73.9 Å². The van der Waals surface area contributed by atoms with Gasteiger partial charge >= 0.3 is 0 Å². The van der Waals surface area contributed by atoms with Gasteiger partial charge in [-0.1, -0.05) is 29.6 Å². The zero-order valence-electron chi connectivity index (χ0n) is 23.9. The Labute approximate surface area is 252 Å². The minimum Gasteiger partial charge on any atom is -0.377 e. The summed E-state index contributed by atoms with van der Waals surface area (Å²) < 4.78 is 18.5. The Kier molecular flexibility index (Phi) is 7.34. The van der Waals surface area contributed by atoms with Gasteiger partial charge in [-0.15, -0.1) is 0 Å². The van der Waals surface area contributed by atoms with Crippen LogP contribution in [0.15, 0.2) is 41.3 Å². The van der Waals surface area contributed by atoms with E-state index in [-0.39, 0.29) is 40.1 Å². The molecule has 1 aliphatic heterocycles. The van der Waals surface area contributed by atoms with Crippen LogP contribution in [0.5, 0.6) is 0 Å². The van der Waals surface area contributed by atoms with E-state index in [4.69, 9.17) is 16.6 Å². The molecule has 12 heteroatoms. The molecular weight excluding hydrogens is 577 g/mol. The number of pyridine rings is 2. The van der Waals surface area contributed by atoms with Crippen LogP contribution in [0.4, 0.5) is 16.0 Å². The average Bonchev–Trinajstić information content (AvgIpc) is 3.45. The van der Waals surface area contributed by atoms with E-state index in [0.717, 1.165) is 29.8 Å². The number of hydrogen-bond acceptors (Lipinski definition) is 8. The first-order chi connectivity index (χ1) is 20.1. The molecule has 2 fully saturated rings. The zero-order chi connectivity index (χ0) is 29.9. The normalized spacial score (nSPS) is 20.0. The van der Waals surface area contributed by atoms with Crippen LogP contribution < -0.4 is 20.5 Å². The fourth-order valence-corrected chi connectivity index (χ4v) is 6.65.